The Morgan fingerprint density at radius 3 is 2.82 bits per heavy atom. The number of carbonyl (C=O) groups excluding carboxylic acids is 1. The normalized spacial score (nSPS) is 8.18. The van der Waals surface area contributed by atoms with Gasteiger partial charge < -0.3 is 9.47 Å². The largest absolute Gasteiger partial charge is 0.469 e. The second-order valence-corrected chi connectivity index (χ2v) is 2.62. The molecular weight excluding hydrogens is 160 g/mol. The standard InChI is InChI=1S/C7H10O3Si/c1-9-4-3-5-11-6-7(8)10-2/h4,6H2,1-2H3. The molecule has 0 saturated heterocycles. The minimum Gasteiger partial charge on any atom is -0.469 e. The highest BCUT2D eigenvalue weighted by Gasteiger charge is 1.96. The first-order valence-corrected chi connectivity index (χ1v) is 4.28. The van der Waals surface area contributed by atoms with Gasteiger partial charge in [-0.25, -0.2) is 0 Å². The molecule has 2 radical (unpaired) electrons. The molecule has 0 N–H and O–H groups in total. The number of methoxy groups -OCH3 is 2. The lowest BCUT2D eigenvalue weighted by molar-refractivity contribution is -0.137. The zero-order valence-electron chi connectivity index (χ0n) is 6.64. The van der Waals surface area contributed by atoms with E-state index in [4.69, 9.17) is 0 Å². The predicted octanol–water partition coefficient (Wildman–Crippen LogP) is -0.111. The molecule has 0 fully saturated rings. The monoisotopic (exact) mass is 170 g/mol. The summed E-state index contributed by atoms with van der Waals surface area (Å²) >= 11 is 0. The first-order valence-electron chi connectivity index (χ1n) is 3.07. The van der Waals surface area contributed by atoms with Crippen LogP contribution in [-0.4, -0.2) is 36.3 Å². The number of esters is 1. The SMILES string of the molecule is COCC#C[Si]CC(=O)OC. The van der Waals surface area contributed by atoms with Gasteiger partial charge >= 0.3 is 5.97 Å². The summed E-state index contributed by atoms with van der Waals surface area (Å²) in [6.45, 7) is 0.425. The summed E-state index contributed by atoms with van der Waals surface area (Å²) in [5, 5.41) is 0. The number of carbonyl (C=O) groups is 1. The van der Waals surface area contributed by atoms with E-state index in [0.717, 1.165) is 0 Å². The van der Waals surface area contributed by atoms with Crippen molar-refractivity contribution in [3.05, 3.63) is 0 Å². The van der Waals surface area contributed by atoms with Crippen LogP contribution in [0.4, 0.5) is 0 Å². The summed E-state index contributed by atoms with van der Waals surface area (Å²) in [4.78, 5) is 10.5. The second kappa shape index (κ2) is 7.32. The summed E-state index contributed by atoms with van der Waals surface area (Å²) in [7, 11) is 3.27. The Kier molecular flexibility index (Phi) is 6.79. The van der Waals surface area contributed by atoms with Crippen LogP contribution < -0.4 is 0 Å². The maximum absolute atomic E-state index is 10.5. The molecule has 0 aromatic heterocycles. The van der Waals surface area contributed by atoms with Crippen LogP contribution >= 0.6 is 0 Å². The second-order valence-electron chi connectivity index (χ2n) is 1.66. The van der Waals surface area contributed by atoms with Crippen molar-refractivity contribution in [2.45, 2.75) is 6.04 Å². The average molecular weight is 170 g/mol. The first kappa shape index (κ1) is 10.2. The van der Waals surface area contributed by atoms with E-state index in [-0.39, 0.29) is 5.97 Å². The molecular formula is C7H10O3Si. The van der Waals surface area contributed by atoms with Crippen LogP contribution in [0.3, 0.4) is 0 Å². The highest BCUT2D eigenvalue weighted by atomic mass is 28.2. The van der Waals surface area contributed by atoms with Crippen LogP contribution in [-0.2, 0) is 14.3 Å². The fraction of sp³-hybridized carbons (Fsp3) is 0.571. The molecule has 0 rings (SSSR count). The van der Waals surface area contributed by atoms with Gasteiger partial charge in [0.1, 0.15) is 6.61 Å². The summed E-state index contributed by atoms with van der Waals surface area (Å²) in [6, 6.07) is 0.382. The number of rotatable bonds is 3. The summed E-state index contributed by atoms with van der Waals surface area (Å²) in [6.07, 6.45) is 0. The van der Waals surface area contributed by atoms with Crippen LogP contribution in [0.2, 0.25) is 6.04 Å². The molecule has 11 heavy (non-hydrogen) atoms. The van der Waals surface area contributed by atoms with Crippen molar-refractivity contribution in [2.75, 3.05) is 20.8 Å². The summed E-state index contributed by atoms with van der Waals surface area (Å²) in [5.74, 6) is 2.53. The Morgan fingerprint density at radius 2 is 2.27 bits per heavy atom. The maximum Gasteiger partial charge on any atom is 0.303 e. The molecule has 0 spiro atoms. The van der Waals surface area contributed by atoms with Crippen molar-refractivity contribution in [1.82, 2.24) is 0 Å². The predicted molar refractivity (Wildman–Crippen MR) is 42.2 cm³/mol. The fourth-order valence-corrected chi connectivity index (χ4v) is 0.934. The average Bonchev–Trinajstić information content (AvgIpc) is 2.04. The Labute approximate surface area is 68.9 Å². The van der Waals surface area contributed by atoms with Crippen molar-refractivity contribution in [3.8, 4) is 11.5 Å². The maximum atomic E-state index is 10.5. The van der Waals surface area contributed by atoms with Crippen LogP contribution in [0, 0.1) is 11.5 Å². The van der Waals surface area contributed by atoms with E-state index in [1.54, 1.807) is 7.11 Å². The van der Waals surface area contributed by atoms with Gasteiger partial charge in [-0.3, -0.25) is 4.79 Å². The molecule has 0 aliphatic heterocycles. The smallest absolute Gasteiger partial charge is 0.303 e. The van der Waals surface area contributed by atoms with E-state index in [9.17, 15) is 4.79 Å². The van der Waals surface area contributed by atoms with Gasteiger partial charge in [0.25, 0.3) is 0 Å². The van der Waals surface area contributed by atoms with E-state index < -0.39 is 0 Å². The van der Waals surface area contributed by atoms with E-state index in [1.165, 1.54) is 7.11 Å². The van der Waals surface area contributed by atoms with Gasteiger partial charge in [0, 0.05) is 13.2 Å². The zero-order chi connectivity index (χ0) is 8.53. The van der Waals surface area contributed by atoms with Gasteiger partial charge in [-0.15, -0.1) is 5.54 Å². The minimum absolute atomic E-state index is 0.213. The molecule has 0 atom stereocenters. The lowest BCUT2D eigenvalue weighted by Crippen LogP contribution is -2.02. The number of hydrogen-bond donors (Lipinski definition) is 0. The van der Waals surface area contributed by atoms with Gasteiger partial charge in [-0.05, 0) is 0 Å². The Balaban J connectivity index is 3.28. The molecule has 0 saturated carbocycles. The van der Waals surface area contributed by atoms with E-state index in [1.807, 2.05) is 0 Å². The third-order valence-electron chi connectivity index (χ3n) is 0.854. The van der Waals surface area contributed by atoms with Gasteiger partial charge in [0.05, 0.1) is 7.11 Å². The van der Waals surface area contributed by atoms with Crippen LogP contribution in [0.5, 0.6) is 0 Å². The van der Waals surface area contributed by atoms with Crippen molar-refractivity contribution < 1.29 is 14.3 Å². The molecule has 0 bridgehead atoms. The molecule has 0 amide bonds. The molecule has 4 heteroatoms. The first-order chi connectivity index (χ1) is 5.31. The van der Waals surface area contributed by atoms with Crippen molar-refractivity contribution in [3.63, 3.8) is 0 Å². The lowest BCUT2D eigenvalue weighted by atomic mass is 10.8. The molecule has 0 aliphatic carbocycles. The minimum atomic E-state index is -0.213. The zero-order valence-corrected chi connectivity index (χ0v) is 7.64. The quantitative estimate of drug-likeness (QED) is 0.337. The van der Waals surface area contributed by atoms with Crippen LogP contribution in [0.15, 0.2) is 0 Å². The van der Waals surface area contributed by atoms with Crippen LogP contribution in [0.1, 0.15) is 0 Å². The molecule has 60 valence electrons. The molecule has 0 aromatic rings. The molecule has 3 nitrogen and oxygen atoms in total. The van der Waals surface area contributed by atoms with Gasteiger partial charge in [-0.2, -0.15) is 0 Å². The van der Waals surface area contributed by atoms with E-state index in [2.05, 4.69) is 20.9 Å². The Morgan fingerprint density at radius 1 is 1.55 bits per heavy atom. The molecule has 0 heterocycles. The fourth-order valence-electron chi connectivity index (χ4n) is 0.359. The third kappa shape index (κ3) is 7.10. The topological polar surface area (TPSA) is 35.5 Å². The third-order valence-corrected chi connectivity index (χ3v) is 1.67. The highest BCUT2D eigenvalue weighted by molar-refractivity contribution is 6.50. The van der Waals surface area contributed by atoms with Crippen molar-refractivity contribution in [1.29, 1.82) is 0 Å². The van der Waals surface area contributed by atoms with Gasteiger partial charge in [-0.1, -0.05) is 5.92 Å². The summed E-state index contributed by atoms with van der Waals surface area (Å²) in [5.41, 5.74) is 2.80. The highest BCUT2D eigenvalue weighted by Crippen LogP contribution is 1.80. The van der Waals surface area contributed by atoms with E-state index in [0.29, 0.717) is 22.2 Å². The summed E-state index contributed by atoms with van der Waals surface area (Å²) < 4.78 is 9.12. The molecule has 0 aliphatic rings. The Hall–Kier alpha value is -0.793. The van der Waals surface area contributed by atoms with E-state index >= 15 is 0 Å². The Bertz CT molecular complexity index is 168. The number of hydrogen-bond acceptors (Lipinski definition) is 3. The van der Waals surface area contributed by atoms with Crippen LogP contribution in [0.25, 0.3) is 0 Å². The van der Waals surface area contributed by atoms with Gasteiger partial charge in [0.15, 0.2) is 9.52 Å². The van der Waals surface area contributed by atoms with Gasteiger partial charge in [0.2, 0.25) is 0 Å². The lowest BCUT2D eigenvalue weighted by Gasteiger charge is -1.90. The number of ether oxygens (including phenoxy) is 2. The van der Waals surface area contributed by atoms with Crippen molar-refractivity contribution >= 4 is 15.5 Å². The molecule has 0 unspecified atom stereocenters. The molecule has 0 aromatic carbocycles. The van der Waals surface area contributed by atoms with Crippen molar-refractivity contribution in [2.24, 2.45) is 0 Å².